The number of rotatable bonds is 2. The standard InChI is InChI=1S/C13H17ClN2O/c1-13(2,3)9-6-7-15-11(10(9)14)12(17)16-8-4-5-8/h6-8H,4-5H2,1-3H3,(H,16,17). The lowest BCUT2D eigenvalue weighted by Crippen LogP contribution is -2.27. The van der Waals surface area contributed by atoms with Crippen molar-refractivity contribution in [1.29, 1.82) is 0 Å². The van der Waals surface area contributed by atoms with E-state index in [9.17, 15) is 4.79 Å². The Morgan fingerprint density at radius 1 is 1.47 bits per heavy atom. The van der Waals surface area contributed by atoms with Crippen LogP contribution in [-0.2, 0) is 5.41 Å². The fourth-order valence-electron chi connectivity index (χ4n) is 1.66. The van der Waals surface area contributed by atoms with Crippen molar-refractivity contribution in [3.63, 3.8) is 0 Å². The molecule has 0 saturated heterocycles. The fourth-order valence-corrected chi connectivity index (χ4v) is 2.14. The third kappa shape index (κ3) is 2.78. The predicted molar refractivity (Wildman–Crippen MR) is 68.4 cm³/mol. The predicted octanol–water partition coefficient (Wildman–Crippen LogP) is 2.92. The molecule has 1 aliphatic rings. The van der Waals surface area contributed by atoms with Crippen LogP contribution in [0.3, 0.4) is 0 Å². The van der Waals surface area contributed by atoms with Gasteiger partial charge in [-0.2, -0.15) is 0 Å². The van der Waals surface area contributed by atoms with E-state index in [2.05, 4.69) is 31.1 Å². The van der Waals surface area contributed by atoms with E-state index in [4.69, 9.17) is 11.6 Å². The van der Waals surface area contributed by atoms with Crippen molar-refractivity contribution in [3.8, 4) is 0 Å². The fraction of sp³-hybridized carbons (Fsp3) is 0.538. The van der Waals surface area contributed by atoms with Crippen LogP contribution in [0.25, 0.3) is 0 Å². The van der Waals surface area contributed by atoms with E-state index in [1.807, 2.05) is 6.07 Å². The molecule has 1 saturated carbocycles. The number of nitrogens with one attached hydrogen (secondary N) is 1. The monoisotopic (exact) mass is 252 g/mol. The van der Waals surface area contributed by atoms with Gasteiger partial charge in [0.05, 0.1) is 5.02 Å². The molecular weight excluding hydrogens is 236 g/mol. The highest BCUT2D eigenvalue weighted by molar-refractivity contribution is 6.34. The molecular formula is C13H17ClN2O. The Labute approximate surface area is 107 Å². The molecule has 1 aliphatic carbocycles. The minimum absolute atomic E-state index is 0.0887. The van der Waals surface area contributed by atoms with Crippen LogP contribution in [-0.4, -0.2) is 16.9 Å². The Balaban J connectivity index is 2.31. The lowest BCUT2D eigenvalue weighted by atomic mass is 9.87. The van der Waals surface area contributed by atoms with Crippen molar-refractivity contribution in [2.45, 2.75) is 45.1 Å². The van der Waals surface area contributed by atoms with Crippen LogP contribution in [0.1, 0.15) is 49.7 Å². The normalized spacial score (nSPS) is 15.8. The second kappa shape index (κ2) is 4.30. The molecule has 0 aliphatic heterocycles. The van der Waals surface area contributed by atoms with Crippen molar-refractivity contribution in [3.05, 3.63) is 28.5 Å². The molecule has 1 aromatic rings. The van der Waals surface area contributed by atoms with Gasteiger partial charge in [-0.05, 0) is 29.9 Å². The van der Waals surface area contributed by atoms with Gasteiger partial charge >= 0.3 is 0 Å². The first kappa shape index (κ1) is 12.4. The number of carbonyl (C=O) groups excluding carboxylic acids is 1. The van der Waals surface area contributed by atoms with E-state index in [-0.39, 0.29) is 11.3 Å². The van der Waals surface area contributed by atoms with Gasteiger partial charge in [-0.3, -0.25) is 4.79 Å². The van der Waals surface area contributed by atoms with Gasteiger partial charge in [-0.1, -0.05) is 32.4 Å². The third-order valence-electron chi connectivity index (χ3n) is 2.82. The molecule has 0 atom stereocenters. The average Bonchev–Trinajstić information content (AvgIpc) is 3.00. The van der Waals surface area contributed by atoms with Crippen molar-refractivity contribution < 1.29 is 4.79 Å². The Bertz CT molecular complexity index is 447. The summed E-state index contributed by atoms with van der Waals surface area (Å²) >= 11 is 6.27. The number of halogens is 1. The summed E-state index contributed by atoms with van der Waals surface area (Å²) in [6.07, 6.45) is 3.76. The van der Waals surface area contributed by atoms with Crippen molar-refractivity contribution in [1.82, 2.24) is 10.3 Å². The molecule has 92 valence electrons. The van der Waals surface area contributed by atoms with Crippen LogP contribution in [0.2, 0.25) is 5.02 Å². The summed E-state index contributed by atoms with van der Waals surface area (Å²) in [6.45, 7) is 6.20. The second-order valence-electron chi connectivity index (χ2n) is 5.52. The molecule has 0 spiro atoms. The number of hydrogen-bond acceptors (Lipinski definition) is 2. The number of hydrogen-bond donors (Lipinski definition) is 1. The Morgan fingerprint density at radius 2 is 2.12 bits per heavy atom. The molecule has 17 heavy (non-hydrogen) atoms. The van der Waals surface area contributed by atoms with Crippen LogP contribution in [0, 0.1) is 0 Å². The van der Waals surface area contributed by atoms with E-state index in [0.717, 1.165) is 18.4 Å². The molecule has 1 aromatic heterocycles. The quantitative estimate of drug-likeness (QED) is 0.879. The van der Waals surface area contributed by atoms with Gasteiger partial charge in [0.25, 0.3) is 5.91 Å². The first-order chi connectivity index (χ1) is 7.89. The summed E-state index contributed by atoms with van der Waals surface area (Å²) in [7, 11) is 0. The van der Waals surface area contributed by atoms with Gasteiger partial charge in [0, 0.05) is 12.2 Å². The zero-order valence-corrected chi connectivity index (χ0v) is 11.1. The van der Waals surface area contributed by atoms with Crippen molar-refractivity contribution in [2.75, 3.05) is 0 Å². The van der Waals surface area contributed by atoms with E-state index in [0.29, 0.717) is 16.8 Å². The van der Waals surface area contributed by atoms with Gasteiger partial charge in [0.1, 0.15) is 5.69 Å². The van der Waals surface area contributed by atoms with Crippen LogP contribution in [0.4, 0.5) is 0 Å². The largest absolute Gasteiger partial charge is 0.348 e. The summed E-state index contributed by atoms with van der Waals surface area (Å²) < 4.78 is 0. The smallest absolute Gasteiger partial charge is 0.271 e. The maximum Gasteiger partial charge on any atom is 0.271 e. The highest BCUT2D eigenvalue weighted by atomic mass is 35.5. The molecule has 1 N–H and O–H groups in total. The van der Waals surface area contributed by atoms with Crippen LogP contribution in [0.15, 0.2) is 12.3 Å². The van der Waals surface area contributed by atoms with Crippen molar-refractivity contribution in [2.24, 2.45) is 0 Å². The number of carbonyl (C=O) groups is 1. The average molecular weight is 253 g/mol. The molecule has 0 radical (unpaired) electrons. The summed E-state index contributed by atoms with van der Waals surface area (Å²) in [4.78, 5) is 16.0. The van der Waals surface area contributed by atoms with Gasteiger partial charge in [0.15, 0.2) is 0 Å². The molecule has 0 aromatic carbocycles. The molecule has 1 amide bonds. The molecule has 0 bridgehead atoms. The highest BCUT2D eigenvalue weighted by Crippen LogP contribution is 2.31. The second-order valence-corrected chi connectivity index (χ2v) is 5.90. The Morgan fingerprint density at radius 3 is 2.65 bits per heavy atom. The number of amides is 1. The van der Waals surface area contributed by atoms with E-state index in [1.165, 1.54) is 0 Å². The molecule has 4 heteroatoms. The molecule has 2 rings (SSSR count). The highest BCUT2D eigenvalue weighted by Gasteiger charge is 2.27. The van der Waals surface area contributed by atoms with Crippen molar-refractivity contribution >= 4 is 17.5 Å². The SMILES string of the molecule is CC(C)(C)c1ccnc(C(=O)NC2CC2)c1Cl. The molecule has 0 unspecified atom stereocenters. The molecule has 3 nitrogen and oxygen atoms in total. The van der Waals surface area contributed by atoms with Gasteiger partial charge in [-0.25, -0.2) is 4.98 Å². The minimum atomic E-state index is -0.163. The topological polar surface area (TPSA) is 42.0 Å². The van der Waals surface area contributed by atoms with E-state index < -0.39 is 0 Å². The van der Waals surface area contributed by atoms with Crippen LogP contribution < -0.4 is 5.32 Å². The zero-order valence-electron chi connectivity index (χ0n) is 10.4. The Hall–Kier alpha value is -1.09. The molecule has 1 fully saturated rings. The maximum atomic E-state index is 11.9. The van der Waals surface area contributed by atoms with E-state index in [1.54, 1.807) is 6.20 Å². The number of aromatic nitrogens is 1. The van der Waals surface area contributed by atoms with Crippen LogP contribution in [0.5, 0.6) is 0 Å². The maximum absolute atomic E-state index is 11.9. The van der Waals surface area contributed by atoms with Gasteiger partial charge in [-0.15, -0.1) is 0 Å². The summed E-state index contributed by atoms with van der Waals surface area (Å²) in [5, 5.41) is 3.37. The Kier molecular flexibility index (Phi) is 3.13. The summed E-state index contributed by atoms with van der Waals surface area (Å²) in [5.41, 5.74) is 1.20. The number of pyridine rings is 1. The lowest BCUT2D eigenvalue weighted by Gasteiger charge is -2.21. The third-order valence-corrected chi connectivity index (χ3v) is 3.21. The van der Waals surface area contributed by atoms with Crippen LogP contribution >= 0.6 is 11.6 Å². The van der Waals surface area contributed by atoms with Gasteiger partial charge in [0.2, 0.25) is 0 Å². The van der Waals surface area contributed by atoms with E-state index >= 15 is 0 Å². The van der Waals surface area contributed by atoms with Gasteiger partial charge < -0.3 is 5.32 Å². The molecule has 1 heterocycles. The summed E-state index contributed by atoms with van der Waals surface area (Å²) in [6, 6.07) is 2.19. The summed E-state index contributed by atoms with van der Waals surface area (Å²) in [5.74, 6) is -0.163. The zero-order chi connectivity index (χ0) is 12.6. The number of nitrogens with zero attached hydrogens (tertiary/aromatic N) is 1. The minimum Gasteiger partial charge on any atom is -0.348 e. The lowest BCUT2D eigenvalue weighted by molar-refractivity contribution is 0.0946. The first-order valence-corrected chi connectivity index (χ1v) is 6.23. The first-order valence-electron chi connectivity index (χ1n) is 5.85.